The number of nitrogens with zero attached hydrogens (tertiary/aromatic N) is 5. The number of amides is 2. The number of alkyl halides is 3. The summed E-state index contributed by atoms with van der Waals surface area (Å²) in [6.07, 6.45) is -1.45. The molecular formula is C33H32F4N6O2S. The minimum absolute atomic E-state index is 0.136. The second-order valence-electron chi connectivity index (χ2n) is 11.0. The summed E-state index contributed by atoms with van der Waals surface area (Å²) in [5.74, 6) is 0.412. The van der Waals surface area contributed by atoms with E-state index in [1.54, 1.807) is 12.1 Å². The molecule has 1 unspecified atom stereocenters. The van der Waals surface area contributed by atoms with Crippen molar-refractivity contribution >= 4 is 34.5 Å². The summed E-state index contributed by atoms with van der Waals surface area (Å²) in [6.45, 7) is 8.40. The first-order valence-corrected chi connectivity index (χ1v) is 15.5. The number of rotatable bonds is 7. The number of hydrogen-bond donors (Lipinski definition) is 1. The topological polar surface area (TPSA) is 84.6 Å². The predicted octanol–water partition coefficient (Wildman–Crippen LogP) is 8.63. The lowest BCUT2D eigenvalue weighted by Gasteiger charge is -2.37. The third kappa shape index (κ3) is 7.94. The van der Waals surface area contributed by atoms with Gasteiger partial charge >= 0.3 is 12.4 Å². The number of anilines is 1. The molecule has 0 spiro atoms. The van der Waals surface area contributed by atoms with E-state index in [0.717, 1.165) is 35.2 Å². The first kappa shape index (κ1) is 32.7. The third-order valence-corrected chi connectivity index (χ3v) is 8.23. The summed E-state index contributed by atoms with van der Waals surface area (Å²) in [5, 5.41) is 7.37. The van der Waals surface area contributed by atoms with Gasteiger partial charge in [0.2, 0.25) is 0 Å². The monoisotopic (exact) mass is 652 g/mol. The molecule has 46 heavy (non-hydrogen) atoms. The summed E-state index contributed by atoms with van der Waals surface area (Å²) in [6, 6.07) is 17.2. The number of urea groups is 1. The van der Waals surface area contributed by atoms with Gasteiger partial charge in [-0.15, -0.1) is 18.3 Å². The third-order valence-electron chi connectivity index (χ3n) is 7.25. The number of carbonyl (C=O) groups is 1. The van der Waals surface area contributed by atoms with E-state index in [4.69, 9.17) is 0 Å². The van der Waals surface area contributed by atoms with Crippen molar-refractivity contribution in [2.75, 3.05) is 10.7 Å². The number of benzene rings is 3. The number of halogens is 4. The van der Waals surface area contributed by atoms with Crippen LogP contribution in [0.4, 0.5) is 28.0 Å². The Morgan fingerprint density at radius 1 is 1.11 bits per heavy atom. The van der Waals surface area contributed by atoms with Gasteiger partial charge in [-0.3, -0.25) is 0 Å². The minimum Gasteiger partial charge on any atom is -0.406 e. The number of ether oxygens (including phenoxy) is 1. The number of aliphatic imine (C=N–C) groups is 1. The van der Waals surface area contributed by atoms with Gasteiger partial charge in [-0.25, -0.2) is 18.9 Å². The standard InChI is InChI=1S/C33H32F4N6O2S/c1-20(2)27-14-5-21(3)17-29(27)43-22(4)15-16-46-32(43)40-31(44)38-18-28(34)23-6-8-24(9-7-23)30-39-19-42(41-30)25-10-12-26(13-11-25)45-33(35,36)37/h5-14,17-20,22H,15-16H2,1-4H3,(H,38,44)/b28-18-,40-32?. The predicted molar refractivity (Wildman–Crippen MR) is 173 cm³/mol. The molecule has 0 radical (unpaired) electrons. The quantitative estimate of drug-likeness (QED) is 0.201. The Morgan fingerprint density at radius 3 is 2.50 bits per heavy atom. The second-order valence-corrected chi connectivity index (χ2v) is 12.1. The second kappa shape index (κ2) is 13.8. The van der Waals surface area contributed by atoms with E-state index >= 15 is 4.39 Å². The normalized spacial score (nSPS) is 16.6. The molecule has 0 aliphatic carbocycles. The van der Waals surface area contributed by atoms with Crippen molar-refractivity contribution in [3.05, 3.63) is 95.9 Å². The summed E-state index contributed by atoms with van der Waals surface area (Å²) in [4.78, 5) is 23.5. The zero-order valence-corrected chi connectivity index (χ0v) is 26.4. The van der Waals surface area contributed by atoms with Crippen LogP contribution in [0.25, 0.3) is 22.9 Å². The first-order valence-electron chi connectivity index (χ1n) is 14.5. The Hall–Kier alpha value is -4.65. The maximum absolute atomic E-state index is 15.0. The van der Waals surface area contributed by atoms with Crippen LogP contribution in [-0.4, -0.2) is 44.1 Å². The maximum Gasteiger partial charge on any atom is 0.573 e. The number of nitrogens with one attached hydrogen (secondary N) is 1. The van der Waals surface area contributed by atoms with Gasteiger partial charge in [-0.1, -0.05) is 62.0 Å². The summed E-state index contributed by atoms with van der Waals surface area (Å²) in [5.41, 5.74) is 4.58. The molecule has 4 aromatic rings. The van der Waals surface area contributed by atoms with Crippen LogP contribution in [0, 0.1) is 6.92 Å². The van der Waals surface area contributed by atoms with Crippen LogP contribution in [0.15, 0.2) is 84.2 Å². The van der Waals surface area contributed by atoms with Gasteiger partial charge in [0.15, 0.2) is 11.0 Å². The minimum atomic E-state index is -4.78. The number of carbonyl (C=O) groups excluding carboxylic acids is 1. The highest BCUT2D eigenvalue weighted by Gasteiger charge is 2.31. The Morgan fingerprint density at radius 2 is 1.83 bits per heavy atom. The Kier molecular flexibility index (Phi) is 9.80. The molecule has 2 amide bonds. The lowest BCUT2D eigenvalue weighted by atomic mass is 9.98. The largest absolute Gasteiger partial charge is 0.573 e. The lowest BCUT2D eigenvalue weighted by molar-refractivity contribution is -0.274. The highest BCUT2D eigenvalue weighted by molar-refractivity contribution is 8.14. The number of aryl methyl sites for hydroxylation is 1. The SMILES string of the molecule is Cc1ccc(C(C)C)c(N2C(=NC(=O)N/C=C(\F)c3ccc(-c4ncn(-c5ccc(OC(F)(F)F)cc5)n4)cc3)SCCC2C)c1. The highest BCUT2D eigenvalue weighted by atomic mass is 32.2. The van der Waals surface area contributed by atoms with Crippen LogP contribution in [0.1, 0.15) is 49.8 Å². The van der Waals surface area contributed by atoms with Crippen molar-refractivity contribution in [3.8, 4) is 22.8 Å². The first-order chi connectivity index (χ1) is 21.9. The molecule has 5 rings (SSSR count). The van der Waals surface area contributed by atoms with Crippen molar-refractivity contribution in [3.63, 3.8) is 0 Å². The zero-order chi connectivity index (χ0) is 33.0. The van der Waals surface area contributed by atoms with E-state index in [1.165, 1.54) is 59.2 Å². The van der Waals surface area contributed by atoms with Gasteiger partial charge in [0.25, 0.3) is 0 Å². The van der Waals surface area contributed by atoms with Gasteiger partial charge < -0.3 is 15.0 Å². The molecule has 1 fully saturated rings. The van der Waals surface area contributed by atoms with E-state index in [0.29, 0.717) is 22.2 Å². The molecule has 1 saturated heterocycles. The van der Waals surface area contributed by atoms with Crippen molar-refractivity contribution in [2.24, 2.45) is 4.99 Å². The van der Waals surface area contributed by atoms with Gasteiger partial charge in [-0.2, -0.15) is 4.99 Å². The Balaban J connectivity index is 1.26. The highest BCUT2D eigenvalue weighted by Crippen LogP contribution is 2.35. The van der Waals surface area contributed by atoms with E-state index in [2.05, 4.69) is 69.0 Å². The number of amidine groups is 1. The summed E-state index contributed by atoms with van der Waals surface area (Å²) in [7, 11) is 0. The summed E-state index contributed by atoms with van der Waals surface area (Å²) >= 11 is 1.50. The zero-order valence-electron chi connectivity index (χ0n) is 25.5. The molecule has 1 aromatic heterocycles. The van der Waals surface area contributed by atoms with Crippen molar-refractivity contribution in [1.82, 2.24) is 20.1 Å². The molecular weight excluding hydrogens is 620 g/mol. The van der Waals surface area contributed by atoms with E-state index in [9.17, 15) is 18.0 Å². The molecule has 1 aliphatic rings. The maximum atomic E-state index is 15.0. The lowest BCUT2D eigenvalue weighted by Crippen LogP contribution is -2.42. The fraction of sp³-hybridized carbons (Fsp3) is 0.273. The van der Waals surface area contributed by atoms with Crippen LogP contribution < -0.4 is 15.0 Å². The average Bonchev–Trinajstić information content (AvgIpc) is 3.50. The van der Waals surface area contributed by atoms with E-state index < -0.39 is 18.2 Å². The molecule has 3 aromatic carbocycles. The number of hydrogen-bond acceptors (Lipinski definition) is 5. The van der Waals surface area contributed by atoms with Crippen LogP contribution in [0.2, 0.25) is 0 Å². The average molecular weight is 653 g/mol. The van der Waals surface area contributed by atoms with Crippen LogP contribution in [-0.2, 0) is 0 Å². The van der Waals surface area contributed by atoms with Gasteiger partial charge in [0, 0.05) is 34.8 Å². The van der Waals surface area contributed by atoms with Crippen LogP contribution in [0.3, 0.4) is 0 Å². The van der Waals surface area contributed by atoms with E-state index in [1.807, 2.05) is 6.92 Å². The van der Waals surface area contributed by atoms with Crippen molar-refractivity contribution < 1.29 is 27.1 Å². The van der Waals surface area contributed by atoms with Crippen LogP contribution >= 0.6 is 11.8 Å². The van der Waals surface area contributed by atoms with Gasteiger partial charge in [0.1, 0.15) is 17.9 Å². The molecule has 1 N–H and O–H groups in total. The fourth-order valence-electron chi connectivity index (χ4n) is 4.91. The molecule has 240 valence electrons. The molecule has 0 bridgehead atoms. The van der Waals surface area contributed by atoms with Crippen LogP contribution in [0.5, 0.6) is 5.75 Å². The smallest absolute Gasteiger partial charge is 0.406 e. The molecule has 1 atom stereocenters. The molecule has 2 heterocycles. The fourth-order valence-corrected chi connectivity index (χ4v) is 6.12. The van der Waals surface area contributed by atoms with Gasteiger partial charge in [0.05, 0.1) is 5.69 Å². The van der Waals surface area contributed by atoms with Crippen molar-refractivity contribution in [1.29, 1.82) is 0 Å². The summed E-state index contributed by atoms with van der Waals surface area (Å²) < 4.78 is 57.6. The Labute approximate surface area is 268 Å². The molecule has 13 heteroatoms. The Bertz CT molecular complexity index is 1750. The van der Waals surface area contributed by atoms with E-state index in [-0.39, 0.29) is 23.3 Å². The van der Waals surface area contributed by atoms with Gasteiger partial charge in [-0.05, 0) is 67.6 Å². The number of thioether (sulfide) groups is 1. The molecule has 8 nitrogen and oxygen atoms in total. The molecule has 0 saturated carbocycles. The van der Waals surface area contributed by atoms with Crippen molar-refractivity contribution in [2.45, 2.75) is 52.4 Å². The molecule has 1 aliphatic heterocycles. The number of aromatic nitrogens is 3.